The Labute approximate surface area is 135 Å². The average Bonchev–Trinajstić information content (AvgIpc) is 2.85. The van der Waals surface area contributed by atoms with Crippen LogP contribution < -0.4 is 16.4 Å². The molecule has 1 aromatic heterocycles. The molecule has 0 aliphatic rings. The predicted octanol–water partition coefficient (Wildman–Crippen LogP) is 2.27. The number of aryl methyl sites for hydroxylation is 1. The molecule has 1 aromatic carbocycles. The van der Waals surface area contributed by atoms with Crippen LogP contribution in [0, 0.1) is 6.92 Å². The van der Waals surface area contributed by atoms with Gasteiger partial charge in [-0.15, -0.1) is 10.2 Å². The lowest BCUT2D eigenvalue weighted by molar-refractivity contribution is -0.119. The van der Waals surface area contributed by atoms with Gasteiger partial charge in [-0.25, -0.2) is 4.79 Å². The SMILES string of the molecule is Cc1cccc(Nc2nnc(SC(C)C(=O)NC(N)=O)s2)c1. The number of carbonyl (C=O) groups excluding carboxylic acids is 2. The summed E-state index contributed by atoms with van der Waals surface area (Å²) >= 11 is 2.54. The van der Waals surface area contributed by atoms with Crippen molar-refractivity contribution >= 4 is 45.9 Å². The number of hydrogen-bond acceptors (Lipinski definition) is 7. The van der Waals surface area contributed by atoms with Crippen LogP contribution in [0.25, 0.3) is 0 Å². The van der Waals surface area contributed by atoms with Crippen LogP contribution in [0.5, 0.6) is 0 Å². The van der Waals surface area contributed by atoms with Crippen molar-refractivity contribution in [3.05, 3.63) is 29.8 Å². The highest BCUT2D eigenvalue weighted by Crippen LogP contribution is 2.30. The molecule has 0 bridgehead atoms. The molecule has 7 nitrogen and oxygen atoms in total. The Bertz CT molecular complexity index is 689. The van der Waals surface area contributed by atoms with Crippen molar-refractivity contribution in [3.8, 4) is 0 Å². The number of anilines is 2. The van der Waals surface area contributed by atoms with Gasteiger partial charge in [-0.2, -0.15) is 0 Å². The minimum absolute atomic E-state index is 0.458. The number of primary amides is 1. The summed E-state index contributed by atoms with van der Waals surface area (Å²) in [6, 6.07) is 7.02. The van der Waals surface area contributed by atoms with E-state index in [0.29, 0.717) is 9.47 Å². The normalized spacial score (nSPS) is 11.7. The Morgan fingerprint density at radius 1 is 1.36 bits per heavy atom. The smallest absolute Gasteiger partial charge is 0.318 e. The highest BCUT2D eigenvalue weighted by Gasteiger charge is 2.18. The molecule has 1 heterocycles. The molecule has 0 saturated carbocycles. The first kappa shape index (κ1) is 16.2. The van der Waals surface area contributed by atoms with Crippen LogP contribution in [0.1, 0.15) is 12.5 Å². The summed E-state index contributed by atoms with van der Waals surface area (Å²) in [6.45, 7) is 3.67. The number of urea groups is 1. The third kappa shape index (κ3) is 4.71. The van der Waals surface area contributed by atoms with Gasteiger partial charge in [0.25, 0.3) is 0 Å². The predicted molar refractivity (Wildman–Crippen MR) is 87.4 cm³/mol. The number of amides is 3. The van der Waals surface area contributed by atoms with Crippen molar-refractivity contribution in [2.45, 2.75) is 23.4 Å². The van der Waals surface area contributed by atoms with Crippen LogP contribution in [-0.2, 0) is 4.79 Å². The van der Waals surface area contributed by atoms with Gasteiger partial charge in [-0.1, -0.05) is 35.2 Å². The van der Waals surface area contributed by atoms with Crippen molar-refractivity contribution < 1.29 is 9.59 Å². The molecule has 0 aliphatic heterocycles. The molecule has 2 rings (SSSR count). The summed E-state index contributed by atoms with van der Waals surface area (Å²) in [5.41, 5.74) is 6.97. The zero-order valence-corrected chi connectivity index (χ0v) is 13.6. The van der Waals surface area contributed by atoms with Crippen molar-refractivity contribution in [2.75, 3.05) is 5.32 Å². The molecule has 1 unspecified atom stereocenters. The standard InChI is InChI=1S/C13H15N5O2S2/c1-7-4-3-5-9(6-7)15-12-17-18-13(22-12)21-8(2)10(19)16-11(14)20/h3-6,8H,1-2H3,(H,15,17)(H3,14,16,19,20). The molecule has 116 valence electrons. The second-order valence-corrected chi connectivity index (χ2v) is 7.05. The van der Waals surface area contributed by atoms with Crippen LogP contribution in [0.15, 0.2) is 28.6 Å². The number of nitrogens with two attached hydrogens (primary N) is 1. The van der Waals surface area contributed by atoms with E-state index < -0.39 is 17.2 Å². The Morgan fingerprint density at radius 3 is 2.82 bits per heavy atom. The van der Waals surface area contributed by atoms with Crippen LogP contribution >= 0.6 is 23.1 Å². The minimum Gasteiger partial charge on any atom is -0.351 e. The molecule has 22 heavy (non-hydrogen) atoms. The molecule has 2 aromatic rings. The van der Waals surface area contributed by atoms with Crippen molar-refractivity contribution in [3.63, 3.8) is 0 Å². The van der Waals surface area contributed by atoms with Gasteiger partial charge < -0.3 is 11.1 Å². The summed E-state index contributed by atoms with van der Waals surface area (Å²) in [6.07, 6.45) is 0. The average molecular weight is 337 g/mol. The van der Waals surface area contributed by atoms with Crippen LogP contribution in [0.4, 0.5) is 15.6 Å². The highest BCUT2D eigenvalue weighted by molar-refractivity contribution is 8.02. The number of nitrogens with zero attached hydrogens (tertiary/aromatic N) is 2. The fourth-order valence-corrected chi connectivity index (χ4v) is 3.50. The molecule has 0 saturated heterocycles. The summed E-state index contributed by atoms with van der Waals surface area (Å²) < 4.78 is 0.627. The lowest BCUT2D eigenvalue weighted by atomic mass is 10.2. The van der Waals surface area contributed by atoms with E-state index >= 15 is 0 Å². The number of aromatic nitrogens is 2. The van der Waals surface area contributed by atoms with E-state index in [-0.39, 0.29) is 0 Å². The monoisotopic (exact) mass is 337 g/mol. The number of carbonyl (C=O) groups is 2. The maximum Gasteiger partial charge on any atom is 0.318 e. The van der Waals surface area contributed by atoms with Gasteiger partial charge in [0, 0.05) is 5.69 Å². The maximum absolute atomic E-state index is 11.6. The van der Waals surface area contributed by atoms with Crippen LogP contribution in [-0.4, -0.2) is 27.4 Å². The van der Waals surface area contributed by atoms with Crippen LogP contribution in [0.2, 0.25) is 0 Å². The second-order valence-electron chi connectivity index (χ2n) is 4.48. The van der Waals surface area contributed by atoms with Gasteiger partial charge in [0.2, 0.25) is 11.0 Å². The van der Waals surface area contributed by atoms with E-state index in [1.807, 2.05) is 36.5 Å². The van der Waals surface area contributed by atoms with E-state index in [1.54, 1.807) is 6.92 Å². The molecule has 4 N–H and O–H groups in total. The number of nitrogens with one attached hydrogen (secondary N) is 2. The Morgan fingerprint density at radius 2 is 2.14 bits per heavy atom. The zero-order chi connectivity index (χ0) is 16.1. The van der Waals surface area contributed by atoms with E-state index in [1.165, 1.54) is 23.1 Å². The van der Waals surface area contributed by atoms with Crippen molar-refractivity contribution in [2.24, 2.45) is 5.73 Å². The lowest BCUT2D eigenvalue weighted by Crippen LogP contribution is -2.39. The number of rotatable bonds is 5. The molecular formula is C13H15N5O2S2. The first-order valence-corrected chi connectivity index (χ1v) is 8.08. The third-order valence-electron chi connectivity index (χ3n) is 2.57. The van der Waals surface area contributed by atoms with E-state index in [4.69, 9.17) is 5.73 Å². The summed E-state index contributed by atoms with van der Waals surface area (Å²) in [7, 11) is 0. The zero-order valence-electron chi connectivity index (χ0n) is 12.0. The first-order valence-electron chi connectivity index (χ1n) is 6.38. The summed E-state index contributed by atoms with van der Waals surface area (Å²) in [5, 5.41) is 13.4. The van der Waals surface area contributed by atoms with Gasteiger partial charge in [0.1, 0.15) is 0 Å². The van der Waals surface area contributed by atoms with E-state index in [2.05, 4.69) is 15.5 Å². The Hall–Kier alpha value is -2.13. The van der Waals surface area contributed by atoms with Gasteiger partial charge in [-0.05, 0) is 31.5 Å². The molecule has 9 heteroatoms. The van der Waals surface area contributed by atoms with E-state index in [0.717, 1.165) is 11.3 Å². The van der Waals surface area contributed by atoms with Crippen LogP contribution in [0.3, 0.4) is 0 Å². The fraction of sp³-hybridized carbons (Fsp3) is 0.231. The van der Waals surface area contributed by atoms with Gasteiger partial charge in [0.05, 0.1) is 5.25 Å². The Kier molecular flexibility index (Phi) is 5.34. The Balaban J connectivity index is 1.96. The lowest BCUT2D eigenvalue weighted by Gasteiger charge is -2.06. The van der Waals surface area contributed by atoms with Gasteiger partial charge >= 0.3 is 6.03 Å². The highest BCUT2D eigenvalue weighted by atomic mass is 32.2. The van der Waals surface area contributed by atoms with Crippen molar-refractivity contribution in [1.82, 2.24) is 15.5 Å². The molecular weight excluding hydrogens is 322 g/mol. The number of benzene rings is 1. The quantitative estimate of drug-likeness (QED) is 0.722. The first-order chi connectivity index (χ1) is 10.4. The van der Waals surface area contributed by atoms with Gasteiger partial charge in [0.15, 0.2) is 4.34 Å². The van der Waals surface area contributed by atoms with E-state index in [9.17, 15) is 9.59 Å². The fourth-order valence-electron chi connectivity index (χ4n) is 1.58. The topological polar surface area (TPSA) is 110 Å². The van der Waals surface area contributed by atoms with Crippen molar-refractivity contribution in [1.29, 1.82) is 0 Å². The molecule has 3 amide bonds. The molecule has 0 radical (unpaired) electrons. The number of imide groups is 1. The number of thioether (sulfide) groups is 1. The number of hydrogen-bond donors (Lipinski definition) is 3. The second kappa shape index (κ2) is 7.23. The largest absolute Gasteiger partial charge is 0.351 e. The molecule has 0 aliphatic carbocycles. The van der Waals surface area contributed by atoms with Gasteiger partial charge in [-0.3, -0.25) is 10.1 Å². The minimum atomic E-state index is -0.864. The molecule has 1 atom stereocenters. The maximum atomic E-state index is 11.6. The summed E-state index contributed by atoms with van der Waals surface area (Å²) in [5.74, 6) is -0.458. The summed E-state index contributed by atoms with van der Waals surface area (Å²) in [4.78, 5) is 22.2. The third-order valence-corrected chi connectivity index (χ3v) is 4.59. The molecule has 0 fully saturated rings. The molecule has 0 spiro atoms.